The van der Waals surface area contributed by atoms with Gasteiger partial charge in [0.25, 0.3) is 0 Å². The molecule has 0 saturated heterocycles. The topological polar surface area (TPSA) is 20.2 Å². The normalized spacial score (nSPS) is 12.4. The van der Waals surface area contributed by atoms with Gasteiger partial charge in [0.2, 0.25) is 0 Å². The van der Waals surface area contributed by atoms with Gasteiger partial charge in [0, 0.05) is 12.5 Å². The molecule has 1 N–H and O–H groups in total. The predicted molar refractivity (Wildman–Crippen MR) is 107 cm³/mol. The fraction of sp³-hybridized carbons (Fsp3) is 0.739. The van der Waals surface area contributed by atoms with E-state index in [1.54, 1.807) is 0 Å². The third-order valence-corrected chi connectivity index (χ3v) is 5.15. The highest BCUT2D eigenvalue weighted by molar-refractivity contribution is 5.19. The first-order chi connectivity index (χ1) is 11.9. The van der Waals surface area contributed by atoms with E-state index in [-0.39, 0.29) is 6.61 Å². The lowest BCUT2D eigenvalue weighted by atomic mass is 9.93. The lowest BCUT2D eigenvalue weighted by Gasteiger charge is -2.14. The van der Waals surface area contributed by atoms with Crippen molar-refractivity contribution in [1.29, 1.82) is 0 Å². The summed E-state index contributed by atoms with van der Waals surface area (Å²) in [6.07, 6.45) is 19.3. The summed E-state index contributed by atoms with van der Waals surface area (Å²) in [7, 11) is 0. The van der Waals surface area contributed by atoms with Crippen molar-refractivity contribution in [2.75, 3.05) is 6.61 Å². The zero-order valence-electron chi connectivity index (χ0n) is 16.0. The number of unbranched alkanes of at least 4 members (excludes halogenated alkanes) is 12. The van der Waals surface area contributed by atoms with Crippen LogP contribution in [0.5, 0.6) is 0 Å². The number of hydrogen-bond acceptors (Lipinski definition) is 1. The minimum atomic E-state index is 0.280. The largest absolute Gasteiger partial charge is 0.396 e. The Hall–Kier alpha value is -0.820. The molecule has 0 bridgehead atoms. The molecule has 0 aliphatic heterocycles. The van der Waals surface area contributed by atoms with Crippen molar-refractivity contribution in [1.82, 2.24) is 0 Å². The summed E-state index contributed by atoms with van der Waals surface area (Å²) in [5.74, 6) is 0.332. The van der Waals surface area contributed by atoms with Gasteiger partial charge in [-0.25, -0.2) is 0 Å². The van der Waals surface area contributed by atoms with E-state index < -0.39 is 0 Å². The summed E-state index contributed by atoms with van der Waals surface area (Å²) >= 11 is 0. The van der Waals surface area contributed by atoms with E-state index in [4.69, 9.17) is 0 Å². The molecule has 1 aromatic rings. The van der Waals surface area contributed by atoms with Crippen LogP contribution in [0.4, 0.5) is 0 Å². The third kappa shape index (κ3) is 10.9. The van der Waals surface area contributed by atoms with Gasteiger partial charge in [-0.2, -0.15) is 0 Å². The molecule has 1 heteroatoms. The molecule has 1 unspecified atom stereocenters. The highest BCUT2D eigenvalue weighted by Crippen LogP contribution is 2.22. The molecular formula is C23H40O. The number of aliphatic hydroxyl groups excluding tert-OH is 1. The molecule has 0 amide bonds. The Morgan fingerprint density at radius 1 is 0.667 bits per heavy atom. The van der Waals surface area contributed by atoms with Crippen molar-refractivity contribution in [3.8, 4) is 0 Å². The van der Waals surface area contributed by atoms with Crippen LogP contribution in [0.25, 0.3) is 0 Å². The molecule has 1 atom stereocenters. The van der Waals surface area contributed by atoms with Crippen molar-refractivity contribution >= 4 is 0 Å². The van der Waals surface area contributed by atoms with Crippen LogP contribution < -0.4 is 0 Å². The first-order valence-electron chi connectivity index (χ1n) is 10.5. The van der Waals surface area contributed by atoms with Crippen LogP contribution in [0.2, 0.25) is 0 Å². The second-order valence-corrected chi connectivity index (χ2v) is 7.32. The van der Waals surface area contributed by atoms with Gasteiger partial charge in [0.15, 0.2) is 0 Å². The number of aliphatic hydroxyl groups is 1. The van der Waals surface area contributed by atoms with Gasteiger partial charge < -0.3 is 5.11 Å². The lowest BCUT2D eigenvalue weighted by Crippen LogP contribution is -2.03. The fourth-order valence-electron chi connectivity index (χ4n) is 3.50. The lowest BCUT2D eigenvalue weighted by molar-refractivity contribution is 0.256. The quantitative estimate of drug-likeness (QED) is 0.316. The van der Waals surface area contributed by atoms with E-state index in [9.17, 15) is 5.11 Å². The Labute approximate surface area is 150 Å². The van der Waals surface area contributed by atoms with Crippen molar-refractivity contribution in [3.05, 3.63) is 35.9 Å². The van der Waals surface area contributed by atoms with Crippen LogP contribution in [-0.4, -0.2) is 11.7 Å². The van der Waals surface area contributed by atoms with Crippen LogP contribution in [-0.2, 0) is 0 Å². The second-order valence-electron chi connectivity index (χ2n) is 7.32. The maximum atomic E-state index is 9.57. The number of benzene rings is 1. The second kappa shape index (κ2) is 15.7. The zero-order chi connectivity index (χ0) is 17.3. The van der Waals surface area contributed by atoms with Crippen LogP contribution >= 0.6 is 0 Å². The van der Waals surface area contributed by atoms with E-state index >= 15 is 0 Å². The van der Waals surface area contributed by atoms with E-state index in [1.807, 2.05) is 6.07 Å². The Kier molecular flexibility index (Phi) is 13.9. The van der Waals surface area contributed by atoms with Crippen LogP contribution in [0, 0.1) is 0 Å². The molecule has 1 nitrogen and oxygen atoms in total. The molecule has 0 saturated carbocycles. The van der Waals surface area contributed by atoms with Gasteiger partial charge in [-0.1, -0.05) is 121 Å². The summed E-state index contributed by atoms with van der Waals surface area (Å²) in [6, 6.07) is 10.5. The van der Waals surface area contributed by atoms with Gasteiger partial charge in [0.05, 0.1) is 0 Å². The van der Waals surface area contributed by atoms with Gasteiger partial charge in [-0.3, -0.25) is 0 Å². The van der Waals surface area contributed by atoms with E-state index in [0.717, 1.165) is 6.42 Å². The highest BCUT2D eigenvalue weighted by atomic mass is 16.3. The van der Waals surface area contributed by atoms with E-state index in [0.29, 0.717) is 5.92 Å². The maximum absolute atomic E-state index is 9.57. The molecule has 0 heterocycles. The minimum absolute atomic E-state index is 0.280. The molecule has 1 aromatic carbocycles. The Morgan fingerprint density at radius 3 is 1.58 bits per heavy atom. The summed E-state index contributed by atoms with van der Waals surface area (Å²) in [5.41, 5.74) is 1.29. The number of rotatable bonds is 16. The van der Waals surface area contributed by atoms with Gasteiger partial charge in [-0.15, -0.1) is 0 Å². The summed E-state index contributed by atoms with van der Waals surface area (Å²) in [6.45, 7) is 2.56. The molecule has 0 aliphatic rings. The monoisotopic (exact) mass is 332 g/mol. The Balaban J connectivity index is 1.88. The molecule has 1 rings (SSSR count). The van der Waals surface area contributed by atoms with Crippen LogP contribution in [0.15, 0.2) is 30.3 Å². The summed E-state index contributed by atoms with van der Waals surface area (Å²) < 4.78 is 0. The van der Waals surface area contributed by atoms with Crippen molar-refractivity contribution in [2.24, 2.45) is 0 Å². The predicted octanol–water partition coefficient (Wildman–Crippen LogP) is 7.24. The smallest absolute Gasteiger partial charge is 0.0499 e. The number of hydrogen-bond donors (Lipinski definition) is 1. The average Bonchev–Trinajstić information content (AvgIpc) is 2.63. The molecule has 0 aliphatic carbocycles. The van der Waals surface area contributed by atoms with Crippen molar-refractivity contribution in [3.63, 3.8) is 0 Å². The molecular weight excluding hydrogens is 292 g/mol. The van der Waals surface area contributed by atoms with Gasteiger partial charge >= 0.3 is 0 Å². The highest BCUT2D eigenvalue weighted by Gasteiger charge is 2.09. The van der Waals surface area contributed by atoms with Crippen LogP contribution in [0.1, 0.15) is 108 Å². The zero-order valence-corrected chi connectivity index (χ0v) is 16.0. The molecule has 138 valence electrons. The van der Waals surface area contributed by atoms with Crippen LogP contribution in [0.3, 0.4) is 0 Å². The minimum Gasteiger partial charge on any atom is -0.396 e. The Morgan fingerprint density at radius 2 is 1.12 bits per heavy atom. The standard InChI is InChI=1S/C23H40O/c1-2-3-4-5-6-7-8-9-10-11-12-13-15-20-23(21-24)22-18-16-14-17-19-22/h14,16-19,23-24H,2-13,15,20-21H2,1H3. The summed E-state index contributed by atoms with van der Waals surface area (Å²) in [5, 5.41) is 9.57. The fourth-order valence-corrected chi connectivity index (χ4v) is 3.50. The van der Waals surface area contributed by atoms with E-state index in [1.165, 1.54) is 89.0 Å². The van der Waals surface area contributed by atoms with E-state index in [2.05, 4.69) is 31.2 Å². The average molecular weight is 333 g/mol. The van der Waals surface area contributed by atoms with Crippen molar-refractivity contribution in [2.45, 2.75) is 103 Å². The van der Waals surface area contributed by atoms with Crippen molar-refractivity contribution < 1.29 is 5.11 Å². The molecule has 0 radical (unpaired) electrons. The summed E-state index contributed by atoms with van der Waals surface area (Å²) in [4.78, 5) is 0. The van der Waals surface area contributed by atoms with Gasteiger partial charge in [-0.05, 0) is 12.0 Å². The Bertz CT molecular complexity index is 360. The third-order valence-electron chi connectivity index (χ3n) is 5.15. The molecule has 0 spiro atoms. The SMILES string of the molecule is CCCCCCCCCCCCCCCC(CO)c1ccccc1. The molecule has 24 heavy (non-hydrogen) atoms. The molecule has 0 fully saturated rings. The van der Waals surface area contributed by atoms with Gasteiger partial charge in [0.1, 0.15) is 0 Å². The maximum Gasteiger partial charge on any atom is 0.0499 e. The first kappa shape index (κ1) is 21.2. The molecule has 0 aromatic heterocycles. The first-order valence-corrected chi connectivity index (χ1v) is 10.5.